The molecule has 3 aliphatic carbocycles. The van der Waals surface area contributed by atoms with Crippen LogP contribution in [0.3, 0.4) is 0 Å². The van der Waals surface area contributed by atoms with Gasteiger partial charge in [-0.2, -0.15) is 0 Å². The minimum atomic E-state index is -1.09. The van der Waals surface area contributed by atoms with Gasteiger partial charge in [0.05, 0.1) is 6.10 Å². The van der Waals surface area contributed by atoms with Crippen LogP contribution in [0.15, 0.2) is 24.0 Å². The van der Waals surface area contributed by atoms with Gasteiger partial charge in [0.1, 0.15) is 11.9 Å². The minimum absolute atomic E-state index is 0.0319. The van der Waals surface area contributed by atoms with Crippen LogP contribution < -0.4 is 5.32 Å². The van der Waals surface area contributed by atoms with E-state index >= 15 is 0 Å². The first-order chi connectivity index (χ1) is 10.4. The third-order valence-electron chi connectivity index (χ3n) is 7.26. The highest BCUT2D eigenvalue weighted by atomic mass is 19.1. The lowest BCUT2D eigenvalue weighted by atomic mass is 9.52. The fourth-order valence-corrected chi connectivity index (χ4v) is 5.87. The van der Waals surface area contributed by atoms with Gasteiger partial charge < -0.3 is 15.5 Å². The van der Waals surface area contributed by atoms with Crippen molar-refractivity contribution in [2.75, 3.05) is 6.54 Å². The summed E-state index contributed by atoms with van der Waals surface area (Å²) in [6.45, 7) is 4.97. The Morgan fingerprint density at radius 3 is 2.86 bits per heavy atom. The van der Waals surface area contributed by atoms with Gasteiger partial charge in [0, 0.05) is 23.4 Å². The Bertz CT molecular complexity index is 547. The molecule has 3 fully saturated rings. The molecule has 122 valence electrons. The Hall–Kier alpha value is -0.870. The van der Waals surface area contributed by atoms with Crippen molar-refractivity contribution in [1.29, 1.82) is 0 Å². The van der Waals surface area contributed by atoms with Gasteiger partial charge in [0.2, 0.25) is 0 Å². The van der Waals surface area contributed by atoms with E-state index in [0.29, 0.717) is 36.6 Å². The number of fused-ring (bicyclic) bond motifs is 5. The molecular weight excluding hydrogens is 281 g/mol. The number of aliphatic hydroxyl groups excluding tert-OH is 2. The van der Waals surface area contributed by atoms with Crippen molar-refractivity contribution in [3.05, 3.63) is 24.0 Å². The molecule has 3 N–H and O–H groups in total. The monoisotopic (exact) mass is 307 g/mol. The summed E-state index contributed by atoms with van der Waals surface area (Å²) in [6.07, 6.45) is 6.53. The Kier molecular flexibility index (Phi) is 3.06. The molecule has 0 aromatic heterocycles. The maximum Gasteiger partial charge on any atom is 0.127 e. The molecule has 8 atom stereocenters. The number of piperidine rings is 1. The van der Waals surface area contributed by atoms with Gasteiger partial charge in [-0.15, -0.1) is 0 Å². The molecule has 0 spiro atoms. The second-order valence-electron chi connectivity index (χ2n) is 8.31. The largest absolute Gasteiger partial charge is 0.508 e. The van der Waals surface area contributed by atoms with Gasteiger partial charge in [-0.05, 0) is 49.2 Å². The van der Waals surface area contributed by atoms with Gasteiger partial charge in [-0.25, -0.2) is 4.39 Å². The SMILES string of the molecule is C[C@]12C=CC(O)=CC1CC[C@@H]1[C@H]2NC[C@]2(C)C(O)C(F)C[C@@H]12. The third-order valence-corrected chi connectivity index (χ3v) is 7.26. The van der Waals surface area contributed by atoms with E-state index in [2.05, 4.69) is 18.3 Å². The Balaban J connectivity index is 1.68. The third kappa shape index (κ3) is 1.74. The minimum Gasteiger partial charge on any atom is -0.508 e. The Morgan fingerprint density at radius 1 is 1.32 bits per heavy atom. The van der Waals surface area contributed by atoms with Gasteiger partial charge >= 0.3 is 0 Å². The van der Waals surface area contributed by atoms with Crippen LogP contribution in [0.5, 0.6) is 0 Å². The summed E-state index contributed by atoms with van der Waals surface area (Å²) in [5.74, 6) is 1.34. The van der Waals surface area contributed by atoms with Crippen molar-refractivity contribution < 1.29 is 14.6 Å². The van der Waals surface area contributed by atoms with Gasteiger partial charge in [-0.1, -0.05) is 19.9 Å². The molecule has 0 bridgehead atoms. The number of hydrogen-bond donors (Lipinski definition) is 3. The van der Waals surface area contributed by atoms with Crippen LogP contribution in [-0.2, 0) is 0 Å². The van der Waals surface area contributed by atoms with Crippen molar-refractivity contribution in [2.24, 2.45) is 28.6 Å². The highest BCUT2D eigenvalue weighted by molar-refractivity contribution is 5.28. The lowest BCUT2D eigenvalue weighted by molar-refractivity contribution is -0.0648. The molecule has 2 saturated carbocycles. The fraction of sp³-hybridized carbons (Fsp3) is 0.778. The molecule has 0 aromatic rings. The lowest BCUT2D eigenvalue weighted by Crippen LogP contribution is -2.64. The summed E-state index contributed by atoms with van der Waals surface area (Å²) in [5.41, 5.74) is -0.379. The molecule has 0 radical (unpaired) electrons. The molecule has 0 aromatic carbocycles. The number of aliphatic hydroxyl groups is 2. The molecule has 22 heavy (non-hydrogen) atoms. The van der Waals surface area contributed by atoms with Crippen molar-refractivity contribution >= 4 is 0 Å². The molecule has 1 heterocycles. The van der Waals surface area contributed by atoms with E-state index in [1.54, 1.807) is 6.08 Å². The first-order valence-electron chi connectivity index (χ1n) is 8.52. The van der Waals surface area contributed by atoms with E-state index in [-0.39, 0.29) is 16.7 Å². The quantitative estimate of drug-likeness (QED) is 0.645. The predicted octanol–water partition coefficient (Wildman–Crippen LogP) is 2.73. The smallest absolute Gasteiger partial charge is 0.127 e. The molecule has 3 nitrogen and oxygen atoms in total. The first-order valence-corrected chi connectivity index (χ1v) is 8.52. The second-order valence-corrected chi connectivity index (χ2v) is 8.31. The highest BCUT2D eigenvalue weighted by Crippen LogP contribution is 2.58. The molecule has 1 saturated heterocycles. The molecule has 3 unspecified atom stereocenters. The number of halogens is 1. The second kappa shape index (κ2) is 4.57. The summed E-state index contributed by atoms with van der Waals surface area (Å²) >= 11 is 0. The number of alkyl halides is 1. The van der Waals surface area contributed by atoms with Crippen molar-refractivity contribution in [3.63, 3.8) is 0 Å². The number of nitrogens with one attached hydrogen (secondary N) is 1. The number of rotatable bonds is 0. The van der Waals surface area contributed by atoms with E-state index in [1.165, 1.54) is 0 Å². The average Bonchev–Trinajstić information content (AvgIpc) is 2.72. The molecule has 4 heteroatoms. The number of allylic oxidation sites excluding steroid dienone is 2. The van der Waals surface area contributed by atoms with Crippen LogP contribution in [0.4, 0.5) is 4.39 Å². The van der Waals surface area contributed by atoms with E-state index < -0.39 is 12.3 Å². The summed E-state index contributed by atoms with van der Waals surface area (Å²) in [4.78, 5) is 0. The zero-order chi connectivity index (χ0) is 15.7. The van der Waals surface area contributed by atoms with E-state index in [4.69, 9.17) is 0 Å². The van der Waals surface area contributed by atoms with Gasteiger partial charge in [-0.3, -0.25) is 0 Å². The zero-order valence-electron chi connectivity index (χ0n) is 13.3. The van der Waals surface area contributed by atoms with Crippen LogP contribution in [0.1, 0.15) is 33.1 Å². The molecular formula is C18H26FNO2. The Labute approximate surface area is 131 Å². The summed E-state index contributed by atoms with van der Waals surface area (Å²) in [5, 5.41) is 23.7. The predicted molar refractivity (Wildman–Crippen MR) is 83.1 cm³/mol. The van der Waals surface area contributed by atoms with Crippen LogP contribution in [0.25, 0.3) is 0 Å². The van der Waals surface area contributed by atoms with Crippen LogP contribution in [-0.4, -0.2) is 35.1 Å². The van der Waals surface area contributed by atoms with Gasteiger partial charge in [0.25, 0.3) is 0 Å². The van der Waals surface area contributed by atoms with Crippen molar-refractivity contribution in [3.8, 4) is 0 Å². The van der Waals surface area contributed by atoms with Crippen LogP contribution >= 0.6 is 0 Å². The lowest BCUT2D eigenvalue weighted by Gasteiger charge is -2.58. The molecule has 1 aliphatic heterocycles. The van der Waals surface area contributed by atoms with E-state index in [9.17, 15) is 14.6 Å². The number of hydrogen-bond acceptors (Lipinski definition) is 3. The fourth-order valence-electron chi connectivity index (χ4n) is 5.87. The van der Waals surface area contributed by atoms with Crippen LogP contribution in [0.2, 0.25) is 0 Å². The molecule has 0 amide bonds. The van der Waals surface area contributed by atoms with Crippen LogP contribution in [0, 0.1) is 28.6 Å². The summed E-state index contributed by atoms with van der Waals surface area (Å²) in [7, 11) is 0. The molecule has 4 rings (SSSR count). The summed E-state index contributed by atoms with van der Waals surface area (Å²) in [6, 6.07) is 0.294. The van der Waals surface area contributed by atoms with Crippen molar-refractivity contribution in [2.45, 2.75) is 51.4 Å². The van der Waals surface area contributed by atoms with E-state index in [0.717, 1.165) is 12.8 Å². The van der Waals surface area contributed by atoms with Gasteiger partial charge in [0.15, 0.2) is 0 Å². The Morgan fingerprint density at radius 2 is 2.09 bits per heavy atom. The molecule has 4 aliphatic rings. The first kappa shape index (κ1) is 14.7. The normalized spacial score (nSPS) is 56.8. The highest BCUT2D eigenvalue weighted by Gasteiger charge is 2.61. The maximum absolute atomic E-state index is 14.2. The standard InChI is InChI=1S/C18H26FNO2/c1-17-6-5-11(21)7-10(17)3-4-12-13-8-14(19)16(22)18(13,2)9-20-15(12)17/h5-7,10,12-16,20-22H,3-4,8-9H2,1-2H3/t10?,12-,13-,14?,15+,16?,17-,18-/m0/s1. The maximum atomic E-state index is 14.2. The average molecular weight is 307 g/mol. The van der Waals surface area contributed by atoms with Crippen molar-refractivity contribution in [1.82, 2.24) is 5.32 Å². The summed E-state index contributed by atoms with van der Waals surface area (Å²) < 4.78 is 14.2. The topological polar surface area (TPSA) is 52.5 Å². The zero-order valence-corrected chi connectivity index (χ0v) is 13.3. The van der Waals surface area contributed by atoms with E-state index in [1.807, 2.05) is 13.0 Å².